The van der Waals surface area contributed by atoms with Crippen LogP contribution in [0.1, 0.15) is 27.7 Å². The standard InChI is InChI=1S/C10H22N2O3S/c1-6-12(7-2)9(13)11-8-10(3,4)16(5,14)15/h6-8H2,1-5H3,(H,11,13). The molecule has 16 heavy (non-hydrogen) atoms. The van der Waals surface area contributed by atoms with Crippen molar-refractivity contribution in [3.05, 3.63) is 0 Å². The summed E-state index contributed by atoms with van der Waals surface area (Å²) >= 11 is 0. The van der Waals surface area contributed by atoms with Gasteiger partial charge in [0.2, 0.25) is 0 Å². The Bertz CT molecular complexity index is 332. The molecule has 0 atom stereocenters. The Morgan fingerprint density at radius 3 is 2.00 bits per heavy atom. The first-order valence-electron chi connectivity index (χ1n) is 5.38. The van der Waals surface area contributed by atoms with Gasteiger partial charge in [0.05, 0.1) is 4.75 Å². The molecule has 0 aliphatic carbocycles. The van der Waals surface area contributed by atoms with Crippen molar-refractivity contribution in [1.29, 1.82) is 0 Å². The number of carbonyl (C=O) groups is 1. The van der Waals surface area contributed by atoms with Crippen LogP contribution in [0.3, 0.4) is 0 Å². The largest absolute Gasteiger partial charge is 0.336 e. The molecule has 0 saturated carbocycles. The van der Waals surface area contributed by atoms with E-state index < -0.39 is 14.6 Å². The zero-order valence-electron chi connectivity index (χ0n) is 10.7. The number of carbonyl (C=O) groups excluding carboxylic acids is 1. The Kier molecular flexibility index (Phi) is 5.25. The molecule has 0 aromatic heterocycles. The van der Waals surface area contributed by atoms with Gasteiger partial charge in [0, 0.05) is 25.9 Å². The van der Waals surface area contributed by atoms with Crippen LogP contribution in [-0.4, -0.2) is 50.0 Å². The topological polar surface area (TPSA) is 66.5 Å². The highest BCUT2D eigenvalue weighted by Crippen LogP contribution is 2.13. The zero-order valence-corrected chi connectivity index (χ0v) is 11.5. The monoisotopic (exact) mass is 250 g/mol. The minimum absolute atomic E-state index is 0.126. The lowest BCUT2D eigenvalue weighted by Gasteiger charge is -2.25. The SMILES string of the molecule is CCN(CC)C(=O)NCC(C)(C)S(C)(=O)=O. The highest BCUT2D eigenvalue weighted by molar-refractivity contribution is 7.92. The van der Waals surface area contributed by atoms with Crippen LogP contribution in [0.2, 0.25) is 0 Å². The summed E-state index contributed by atoms with van der Waals surface area (Å²) in [5.74, 6) is 0. The molecule has 2 amide bonds. The van der Waals surface area contributed by atoms with Crippen molar-refractivity contribution < 1.29 is 13.2 Å². The van der Waals surface area contributed by atoms with Gasteiger partial charge in [-0.15, -0.1) is 0 Å². The lowest BCUT2D eigenvalue weighted by atomic mass is 10.2. The first-order valence-corrected chi connectivity index (χ1v) is 7.27. The van der Waals surface area contributed by atoms with Gasteiger partial charge in [0.1, 0.15) is 0 Å². The Hall–Kier alpha value is -0.780. The van der Waals surface area contributed by atoms with Crippen LogP contribution in [0.5, 0.6) is 0 Å². The second-order valence-electron chi connectivity index (χ2n) is 4.36. The van der Waals surface area contributed by atoms with Crippen molar-refractivity contribution in [2.24, 2.45) is 0 Å². The van der Waals surface area contributed by atoms with Crippen molar-refractivity contribution in [2.75, 3.05) is 25.9 Å². The van der Waals surface area contributed by atoms with E-state index in [2.05, 4.69) is 5.32 Å². The fourth-order valence-electron chi connectivity index (χ4n) is 1.04. The average molecular weight is 250 g/mol. The normalized spacial score (nSPS) is 12.3. The van der Waals surface area contributed by atoms with E-state index in [1.807, 2.05) is 13.8 Å². The average Bonchev–Trinajstić information content (AvgIpc) is 2.15. The minimum Gasteiger partial charge on any atom is -0.336 e. The molecule has 0 heterocycles. The van der Waals surface area contributed by atoms with Crippen molar-refractivity contribution >= 4 is 15.9 Å². The van der Waals surface area contributed by atoms with E-state index >= 15 is 0 Å². The van der Waals surface area contributed by atoms with E-state index in [0.717, 1.165) is 0 Å². The number of nitrogens with zero attached hydrogens (tertiary/aromatic N) is 1. The van der Waals surface area contributed by atoms with Crippen LogP contribution in [-0.2, 0) is 9.84 Å². The molecule has 0 aromatic rings. The van der Waals surface area contributed by atoms with Crippen LogP contribution < -0.4 is 5.32 Å². The lowest BCUT2D eigenvalue weighted by molar-refractivity contribution is 0.202. The van der Waals surface area contributed by atoms with Gasteiger partial charge in [0.15, 0.2) is 9.84 Å². The van der Waals surface area contributed by atoms with Crippen LogP contribution >= 0.6 is 0 Å². The summed E-state index contributed by atoms with van der Waals surface area (Å²) in [6.07, 6.45) is 1.18. The maximum atomic E-state index is 11.6. The van der Waals surface area contributed by atoms with Gasteiger partial charge in [-0.25, -0.2) is 13.2 Å². The van der Waals surface area contributed by atoms with Gasteiger partial charge in [-0.2, -0.15) is 0 Å². The number of sulfone groups is 1. The van der Waals surface area contributed by atoms with Gasteiger partial charge in [0.25, 0.3) is 0 Å². The first kappa shape index (κ1) is 15.2. The molecule has 0 unspecified atom stereocenters. The molecule has 0 aliphatic rings. The lowest BCUT2D eigenvalue weighted by Crippen LogP contribution is -2.48. The third-order valence-corrected chi connectivity index (χ3v) is 4.87. The maximum Gasteiger partial charge on any atom is 0.317 e. The van der Waals surface area contributed by atoms with E-state index in [0.29, 0.717) is 13.1 Å². The molecule has 5 nitrogen and oxygen atoms in total. The van der Waals surface area contributed by atoms with E-state index in [-0.39, 0.29) is 12.6 Å². The van der Waals surface area contributed by atoms with Crippen molar-refractivity contribution in [3.63, 3.8) is 0 Å². The molecule has 0 fully saturated rings. The summed E-state index contributed by atoms with van der Waals surface area (Å²) in [7, 11) is -3.17. The first-order chi connectivity index (χ1) is 7.15. The van der Waals surface area contributed by atoms with E-state index in [1.54, 1.807) is 18.7 Å². The molecule has 1 N–H and O–H groups in total. The summed E-state index contributed by atoms with van der Waals surface area (Å²) in [4.78, 5) is 13.2. The van der Waals surface area contributed by atoms with Gasteiger partial charge in [-0.05, 0) is 27.7 Å². The number of hydrogen-bond acceptors (Lipinski definition) is 3. The number of amides is 2. The molecule has 0 saturated heterocycles. The summed E-state index contributed by atoms with van der Waals surface area (Å²) in [6, 6.07) is -0.221. The van der Waals surface area contributed by atoms with Crippen LogP contribution in [0.25, 0.3) is 0 Å². The highest BCUT2D eigenvalue weighted by atomic mass is 32.2. The van der Waals surface area contributed by atoms with E-state index in [4.69, 9.17) is 0 Å². The molecule has 0 bridgehead atoms. The third kappa shape index (κ3) is 4.00. The number of urea groups is 1. The molecule has 0 aromatic carbocycles. The third-order valence-electron chi connectivity index (χ3n) is 2.72. The van der Waals surface area contributed by atoms with Crippen molar-refractivity contribution in [1.82, 2.24) is 10.2 Å². The second kappa shape index (κ2) is 5.52. The maximum absolute atomic E-state index is 11.6. The summed E-state index contributed by atoms with van der Waals surface area (Å²) in [5.41, 5.74) is 0. The second-order valence-corrected chi connectivity index (χ2v) is 7.01. The Morgan fingerprint density at radius 2 is 1.69 bits per heavy atom. The van der Waals surface area contributed by atoms with Gasteiger partial charge >= 0.3 is 6.03 Å². The Labute approximate surface area is 98.1 Å². The fourth-order valence-corrected chi connectivity index (χ4v) is 1.38. The molecule has 0 aliphatic heterocycles. The molecule has 96 valence electrons. The van der Waals surface area contributed by atoms with Crippen molar-refractivity contribution in [2.45, 2.75) is 32.4 Å². The molecule has 0 spiro atoms. The predicted octanol–water partition coefficient (Wildman–Crippen LogP) is 0.861. The van der Waals surface area contributed by atoms with Crippen LogP contribution in [0.4, 0.5) is 4.79 Å². The Balaban J connectivity index is 4.42. The molecule has 0 radical (unpaired) electrons. The predicted molar refractivity (Wildman–Crippen MR) is 65.2 cm³/mol. The molecular weight excluding hydrogens is 228 g/mol. The quantitative estimate of drug-likeness (QED) is 0.787. The van der Waals surface area contributed by atoms with Crippen molar-refractivity contribution in [3.8, 4) is 0 Å². The molecular formula is C10H22N2O3S. The molecule has 0 rings (SSSR count). The summed E-state index contributed by atoms with van der Waals surface area (Å²) in [6.45, 7) is 8.32. The van der Waals surface area contributed by atoms with Gasteiger partial charge < -0.3 is 10.2 Å². The molecule has 6 heteroatoms. The Morgan fingerprint density at radius 1 is 1.25 bits per heavy atom. The number of nitrogens with one attached hydrogen (secondary N) is 1. The van der Waals surface area contributed by atoms with Crippen LogP contribution in [0, 0.1) is 0 Å². The van der Waals surface area contributed by atoms with Gasteiger partial charge in [-0.3, -0.25) is 0 Å². The number of hydrogen-bond donors (Lipinski definition) is 1. The smallest absolute Gasteiger partial charge is 0.317 e. The number of rotatable bonds is 5. The van der Waals surface area contributed by atoms with E-state index in [1.165, 1.54) is 6.26 Å². The zero-order chi connectivity index (χ0) is 13.0. The van der Waals surface area contributed by atoms with Crippen LogP contribution in [0.15, 0.2) is 0 Å². The van der Waals surface area contributed by atoms with Gasteiger partial charge in [-0.1, -0.05) is 0 Å². The summed E-state index contributed by atoms with van der Waals surface area (Å²) in [5, 5.41) is 2.64. The minimum atomic E-state index is -3.17. The summed E-state index contributed by atoms with van der Waals surface area (Å²) < 4.78 is 21.9. The fraction of sp³-hybridized carbons (Fsp3) is 0.900. The highest BCUT2D eigenvalue weighted by Gasteiger charge is 2.30. The van der Waals surface area contributed by atoms with E-state index in [9.17, 15) is 13.2 Å².